The molecule has 0 fully saturated rings. The van der Waals surface area contributed by atoms with Crippen molar-refractivity contribution in [2.75, 3.05) is 53.1 Å². The number of anilines is 1. The second-order valence-electron chi connectivity index (χ2n) is 8.98. The topological polar surface area (TPSA) is 142 Å². The van der Waals surface area contributed by atoms with Gasteiger partial charge >= 0.3 is 11.9 Å². The van der Waals surface area contributed by atoms with E-state index in [1.165, 1.54) is 32.9 Å². The fourth-order valence-electron chi connectivity index (χ4n) is 4.02. The van der Waals surface area contributed by atoms with Crippen molar-refractivity contribution in [3.05, 3.63) is 48.0 Å². The molecule has 0 unspecified atom stereocenters. The summed E-state index contributed by atoms with van der Waals surface area (Å²) in [7, 11) is 8.44. The van der Waals surface area contributed by atoms with Gasteiger partial charge < -0.3 is 35.4 Å². The minimum Gasteiger partial charge on any atom is -0.473 e. The molecule has 194 valence electrons. The molecule has 0 aliphatic heterocycles. The molecular formula is C26H35N5O5. The smallest absolute Gasteiger partial charge is 0.414 e. The number of para-hydroxylation sites is 1. The molecule has 0 atom stereocenters. The number of pyridine rings is 1. The van der Waals surface area contributed by atoms with Gasteiger partial charge in [-0.25, -0.2) is 14.6 Å². The number of carbonyl (C=O) groups is 2. The first kappa shape index (κ1) is 28.5. The van der Waals surface area contributed by atoms with Gasteiger partial charge in [-0.1, -0.05) is 18.2 Å². The number of aromatic nitrogens is 2. The van der Waals surface area contributed by atoms with Gasteiger partial charge in [-0.3, -0.25) is 0 Å². The summed E-state index contributed by atoms with van der Waals surface area (Å²) in [5.74, 6) is -3.65. The van der Waals surface area contributed by atoms with E-state index in [0.717, 1.165) is 37.3 Å². The summed E-state index contributed by atoms with van der Waals surface area (Å²) in [5, 5.41) is 22.1. The number of likely N-dealkylation sites (N-methyl/N-ethyl adjacent to an activating group) is 2. The Labute approximate surface area is 210 Å². The molecule has 10 nitrogen and oxygen atoms in total. The van der Waals surface area contributed by atoms with Crippen LogP contribution in [0.4, 0.5) is 5.69 Å². The van der Waals surface area contributed by atoms with E-state index in [4.69, 9.17) is 24.8 Å². The van der Waals surface area contributed by atoms with Gasteiger partial charge in [0.1, 0.15) is 5.65 Å². The highest BCUT2D eigenvalue weighted by atomic mass is 16.4. The summed E-state index contributed by atoms with van der Waals surface area (Å²) in [6, 6.07) is 15.2. The van der Waals surface area contributed by atoms with Crippen molar-refractivity contribution in [3.63, 3.8) is 0 Å². The van der Waals surface area contributed by atoms with Crippen LogP contribution in [0, 0.1) is 6.92 Å². The van der Waals surface area contributed by atoms with Crippen LogP contribution in [0.3, 0.4) is 0 Å². The predicted octanol–water partition coefficient (Wildman–Crippen LogP) is 2.52. The van der Waals surface area contributed by atoms with Gasteiger partial charge in [0.05, 0.1) is 11.0 Å². The number of rotatable bonds is 7. The Morgan fingerprint density at radius 1 is 0.944 bits per heavy atom. The fraction of sp³-hybridized carbons (Fsp3) is 0.346. The third kappa shape index (κ3) is 6.48. The third-order valence-corrected chi connectivity index (χ3v) is 5.79. The molecule has 0 aliphatic carbocycles. The lowest BCUT2D eigenvalue weighted by molar-refractivity contribution is -0.159. The van der Waals surface area contributed by atoms with Crippen molar-refractivity contribution in [3.8, 4) is 0 Å². The molecule has 0 saturated carbocycles. The van der Waals surface area contributed by atoms with Crippen LogP contribution in [0.5, 0.6) is 0 Å². The van der Waals surface area contributed by atoms with Crippen LogP contribution in [0.2, 0.25) is 0 Å². The van der Waals surface area contributed by atoms with Crippen molar-refractivity contribution < 1.29 is 25.3 Å². The first-order chi connectivity index (χ1) is 16.6. The van der Waals surface area contributed by atoms with E-state index in [9.17, 15) is 0 Å². The number of benzene rings is 2. The molecule has 4 aromatic rings. The number of carboxylic acid groups (broad SMARTS) is 2. The Bertz CT molecular complexity index is 1350. The number of hydrogen-bond donors (Lipinski definition) is 3. The number of aliphatic carboxylic acids is 2. The van der Waals surface area contributed by atoms with E-state index in [1.54, 1.807) is 0 Å². The highest BCUT2D eigenvalue weighted by Gasteiger charge is 2.17. The van der Waals surface area contributed by atoms with Gasteiger partial charge in [-0.2, -0.15) is 0 Å². The summed E-state index contributed by atoms with van der Waals surface area (Å²) in [6.07, 6.45) is 0. The number of nitrogens with one attached hydrogen (secondary N) is 1. The molecule has 2 heterocycles. The van der Waals surface area contributed by atoms with Crippen LogP contribution in [0.1, 0.15) is 5.56 Å². The Kier molecular flexibility index (Phi) is 9.74. The van der Waals surface area contributed by atoms with Crippen LogP contribution in [-0.4, -0.2) is 94.8 Å². The van der Waals surface area contributed by atoms with Crippen LogP contribution >= 0.6 is 0 Å². The number of nitrogens with zero attached hydrogens (tertiary/aromatic N) is 4. The largest absolute Gasteiger partial charge is 0.473 e. The Morgan fingerprint density at radius 2 is 1.58 bits per heavy atom. The highest BCUT2D eigenvalue weighted by Crippen LogP contribution is 2.35. The van der Waals surface area contributed by atoms with E-state index in [-0.39, 0.29) is 5.48 Å². The monoisotopic (exact) mass is 497 g/mol. The number of aryl methyl sites for hydroxylation is 1. The molecule has 4 rings (SSSR count). The number of fused-ring (bicyclic) bond motifs is 4. The molecule has 2 aromatic heterocycles. The summed E-state index contributed by atoms with van der Waals surface area (Å²) in [5.41, 5.74) is 5.88. The molecule has 5 N–H and O–H groups in total. The van der Waals surface area contributed by atoms with Crippen molar-refractivity contribution in [2.24, 2.45) is 0 Å². The quantitative estimate of drug-likeness (QED) is 0.331. The van der Waals surface area contributed by atoms with Crippen LogP contribution in [0.15, 0.2) is 42.5 Å². The molecule has 0 bridgehead atoms. The maximum Gasteiger partial charge on any atom is 0.414 e. The van der Waals surface area contributed by atoms with Gasteiger partial charge in [0.15, 0.2) is 0 Å². The maximum atomic E-state index is 9.10. The number of carboxylic acids is 2. The molecule has 0 radical (unpaired) electrons. The Hall–Kier alpha value is -3.73. The van der Waals surface area contributed by atoms with E-state index in [2.05, 4.69) is 97.3 Å². The van der Waals surface area contributed by atoms with Crippen molar-refractivity contribution in [1.29, 1.82) is 0 Å². The second kappa shape index (κ2) is 12.3. The van der Waals surface area contributed by atoms with Crippen molar-refractivity contribution >= 4 is 50.5 Å². The molecule has 0 amide bonds. The molecule has 10 heteroatoms. The van der Waals surface area contributed by atoms with E-state index in [0.29, 0.717) is 0 Å². The minimum absolute atomic E-state index is 0. The average molecular weight is 498 g/mol. The zero-order valence-corrected chi connectivity index (χ0v) is 21.4. The second-order valence-corrected chi connectivity index (χ2v) is 8.98. The zero-order valence-electron chi connectivity index (χ0n) is 21.4. The summed E-state index contributed by atoms with van der Waals surface area (Å²) < 4.78 is 2.38. The summed E-state index contributed by atoms with van der Waals surface area (Å²) in [4.78, 5) is 27.7. The molecule has 36 heavy (non-hydrogen) atoms. The minimum atomic E-state index is -1.82. The molecule has 0 aliphatic rings. The van der Waals surface area contributed by atoms with E-state index < -0.39 is 11.9 Å². The Morgan fingerprint density at radius 3 is 2.19 bits per heavy atom. The van der Waals surface area contributed by atoms with E-state index in [1.807, 2.05) is 0 Å². The van der Waals surface area contributed by atoms with Crippen LogP contribution in [0.25, 0.3) is 32.8 Å². The van der Waals surface area contributed by atoms with Gasteiger partial charge in [-0.15, -0.1) is 0 Å². The molecule has 2 aromatic carbocycles. The molecule has 0 saturated heterocycles. The van der Waals surface area contributed by atoms with Crippen molar-refractivity contribution in [1.82, 2.24) is 19.4 Å². The van der Waals surface area contributed by atoms with Crippen LogP contribution in [-0.2, 0) is 16.1 Å². The van der Waals surface area contributed by atoms with Gasteiger partial charge in [0.25, 0.3) is 0 Å². The first-order valence-corrected chi connectivity index (χ1v) is 11.4. The Balaban J connectivity index is 0.000000584. The lowest BCUT2D eigenvalue weighted by atomic mass is 10.0. The summed E-state index contributed by atoms with van der Waals surface area (Å²) in [6.45, 7) is 6.07. The first-order valence-electron chi connectivity index (χ1n) is 11.4. The normalized spacial score (nSPS) is 11.0. The highest BCUT2D eigenvalue weighted by molar-refractivity contribution is 6.27. The average Bonchev–Trinajstić information content (AvgIpc) is 3.10. The van der Waals surface area contributed by atoms with E-state index >= 15 is 0 Å². The van der Waals surface area contributed by atoms with Gasteiger partial charge in [0, 0.05) is 48.0 Å². The van der Waals surface area contributed by atoms with Crippen molar-refractivity contribution in [2.45, 2.75) is 13.5 Å². The predicted molar refractivity (Wildman–Crippen MR) is 144 cm³/mol. The molecular weight excluding hydrogens is 462 g/mol. The van der Waals surface area contributed by atoms with Crippen LogP contribution < -0.4 is 5.32 Å². The summed E-state index contributed by atoms with van der Waals surface area (Å²) >= 11 is 0. The molecule has 0 spiro atoms. The van der Waals surface area contributed by atoms with Gasteiger partial charge in [-0.05, 0) is 64.9 Å². The standard InChI is InChI=1S/C24H31N5.C2H2O4.H2O/c1-17-19-8-6-7-9-21(19)26-24-23(17)20-16-18(25-12-13-27(2)3)10-11-22(20)29(24)15-14-28(4)5;3-1(4)2(5)6;/h6-11,16,25H,12-15H2,1-5H3;(H,3,4)(H,5,6);1H2. The lowest BCUT2D eigenvalue weighted by Gasteiger charge is -2.13. The number of hydrogen-bond acceptors (Lipinski definition) is 6. The maximum absolute atomic E-state index is 9.10. The zero-order chi connectivity index (χ0) is 25.7. The lowest BCUT2D eigenvalue weighted by Crippen LogP contribution is -2.20. The fourth-order valence-corrected chi connectivity index (χ4v) is 4.02. The van der Waals surface area contributed by atoms with Gasteiger partial charge in [0.2, 0.25) is 0 Å². The SMILES string of the molecule is Cc1c2ccccc2nc2c1c1cc(NCCN(C)C)ccc1n2CCN(C)C.O.O=C(O)C(=O)O. The third-order valence-electron chi connectivity index (χ3n) is 5.79.